The maximum absolute atomic E-state index is 14.1. The molecule has 1 unspecified atom stereocenters. The van der Waals surface area contributed by atoms with Crippen LogP contribution in [0.2, 0.25) is 0 Å². The van der Waals surface area contributed by atoms with Gasteiger partial charge >= 0.3 is 0 Å². The second kappa shape index (κ2) is 6.99. The zero-order valence-electron chi connectivity index (χ0n) is 11.7. The first-order valence-corrected chi connectivity index (χ1v) is 8.09. The third-order valence-electron chi connectivity index (χ3n) is 3.49. The van der Waals surface area contributed by atoms with Gasteiger partial charge in [0.05, 0.1) is 4.47 Å². The Morgan fingerprint density at radius 2 is 1.86 bits per heavy atom. The van der Waals surface area contributed by atoms with Crippen molar-refractivity contribution < 1.29 is 8.78 Å². The minimum atomic E-state index is -0.543. The number of hydrogen-bond acceptors (Lipinski definition) is 1. The zero-order valence-corrected chi connectivity index (χ0v) is 14.9. The van der Waals surface area contributed by atoms with Gasteiger partial charge in [-0.1, -0.05) is 34.1 Å². The van der Waals surface area contributed by atoms with Crippen LogP contribution in [0.25, 0.3) is 0 Å². The fourth-order valence-electron chi connectivity index (χ4n) is 2.27. The number of halogens is 4. The lowest BCUT2D eigenvalue weighted by Gasteiger charge is -2.20. The number of hydrogen-bond donors (Lipinski definition) is 1. The van der Waals surface area contributed by atoms with Crippen molar-refractivity contribution in [1.82, 2.24) is 5.32 Å². The summed E-state index contributed by atoms with van der Waals surface area (Å²) >= 11 is 6.65. The molecule has 5 heteroatoms. The monoisotopic (exact) mass is 417 g/mol. The fraction of sp³-hybridized carbons (Fsp3) is 0.250. The average molecular weight is 419 g/mol. The van der Waals surface area contributed by atoms with Crippen molar-refractivity contribution in [3.8, 4) is 0 Å². The van der Waals surface area contributed by atoms with Crippen LogP contribution in [0.15, 0.2) is 39.3 Å². The molecular weight excluding hydrogens is 404 g/mol. The molecule has 21 heavy (non-hydrogen) atoms. The van der Waals surface area contributed by atoms with E-state index in [2.05, 4.69) is 37.2 Å². The van der Waals surface area contributed by atoms with E-state index >= 15 is 0 Å². The number of benzene rings is 2. The molecule has 0 aromatic heterocycles. The molecule has 0 spiro atoms. The molecule has 0 fully saturated rings. The highest BCUT2D eigenvalue weighted by Crippen LogP contribution is 2.31. The van der Waals surface area contributed by atoms with Gasteiger partial charge in [-0.2, -0.15) is 0 Å². The number of likely N-dealkylation sites (N-methyl/N-ethyl adjacent to an activating group) is 1. The standard InChI is InChI=1S/C16H15Br2F2N/c1-9-4-3-5-10(15(9)18)14(21-2)8-11-13(19)7-6-12(17)16(11)20/h3-7,14,21H,8H2,1-2H3. The van der Waals surface area contributed by atoms with Gasteiger partial charge in [0.15, 0.2) is 0 Å². The molecule has 0 saturated carbocycles. The quantitative estimate of drug-likeness (QED) is 0.664. The molecule has 1 N–H and O–H groups in total. The van der Waals surface area contributed by atoms with Crippen molar-refractivity contribution in [2.45, 2.75) is 19.4 Å². The summed E-state index contributed by atoms with van der Waals surface area (Å²) in [5, 5.41) is 3.13. The molecule has 2 aromatic carbocycles. The lowest BCUT2D eigenvalue weighted by Crippen LogP contribution is -2.21. The highest BCUT2D eigenvalue weighted by atomic mass is 79.9. The lowest BCUT2D eigenvalue weighted by atomic mass is 9.97. The van der Waals surface area contributed by atoms with Crippen LogP contribution in [0.5, 0.6) is 0 Å². The Morgan fingerprint density at radius 3 is 2.52 bits per heavy atom. The van der Waals surface area contributed by atoms with E-state index in [1.54, 1.807) is 7.05 Å². The number of aryl methyl sites for hydroxylation is 1. The molecule has 0 aliphatic rings. The Kier molecular flexibility index (Phi) is 5.52. The molecule has 0 amide bonds. The predicted molar refractivity (Wildman–Crippen MR) is 88.4 cm³/mol. The number of nitrogens with one attached hydrogen (secondary N) is 1. The van der Waals surface area contributed by atoms with Crippen molar-refractivity contribution >= 4 is 31.9 Å². The Bertz CT molecular complexity index is 659. The van der Waals surface area contributed by atoms with Crippen molar-refractivity contribution in [2.75, 3.05) is 7.05 Å². The molecule has 1 atom stereocenters. The maximum atomic E-state index is 14.1. The van der Waals surface area contributed by atoms with Crippen molar-refractivity contribution in [3.05, 3.63) is 67.6 Å². The van der Waals surface area contributed by atoms with Gasteiger partial charge in [0.25, 0.3) is 0 Å². The average Bonchev–Trinajstić information content (AvgIpc) is 2.47. The summed E-state index contributed by atoms with van der Waals surface area (Å²) in [4.78, 5) is 0. The van der Waals surface area contributed by atoms with Gasteiger partial charge < -0.3 is 5.32 Å². The van der Waals surface area contributed by atoms with E-state index in [9.17, 15) is 8.78 Å². The minimum absolute atomic E-state index is 0.0807. The van der Waals surface area contributed by atoms with E-state index in [1.165, 1.54) is 12.1 Å². The Morgan fingerprint density at radius 1 is 1.14 bits per heavy atom. The second-order valence-corrected chi connectivity index (χ2v) is 6.49. The molecule has 0 saturated heterocycles. The fourth-order valence-corrected chi connectivity index (χ4v) is 3.18. The van der Waals surface area contributed by atoms with Gasteiger partial charge in [0.2, 0.25) is 0 Å². The zero-order chi connectivity index (χ0) is 15.6. The van der Waals surface area contributed by atoms with E-state index in [4.69, 9.17) is 0 Å². The highest BCUT2D eigenvalue weighted by Gasteiger charge is 2.20. The largest absolute Gasteiger partial charge is 0.313 e. The molecule has 112 valence electrons. The molecule has 1 nitrogen and oxygen atoms in total. The van der Waals surface area contributed by atoms with E-state index in [0.717, 1.165) is 15.6 Å². The highest BCUT2D eigenvalue weighted by molar-refractivity contribution is 9.10. The molecule has 2 aromatic rings. The van der Waals surface area contributed by atoms with Crippen molar-refractivity contribution in [1.29, 1.82) is 0 Å². The molecule has 2 rings (SSSR count). The normalized spacial score (nSPS) is 12.5. The van der Waals surface area contributed by atoms with E-state index < -0.39 is 11.6 Å². The van der Waals surface area contributed by atoms with Gasteiger partial charge in [0.1, 0.15) is 11.6 Å². The van der Waals surface area contributed by atoms with E-state index in [-0.39, 0.29) is 22.5 Å². The van der Waals surface area contributed by atoms with Crippen molar-refractivity contribution in [2.24, 2.45) is 0 Å². The lowest BCUT2D eigenvalue weighted by molar-refractivity contribution is 0.511. The van der Waals surface area contributed by atoms with Crippen molar-refractivity contribution in [3.63, 3.8) is 0 Å². The Balaban J connectivity index is 2.41. The van der Waals surface area contributed by atoms with Gasteiger partial charge in [0, 0.05) is 16.1 Å². The number of rotatable bonds is 4. The van der Waals surface area contributed by atoms with Crippen LogP contribution in [0, 0.1) is 18.6 Å². The summed E-state index contributed by atoms with van der Waals surface area (Å²) in [5.74, 6) is -1.07. The Hall–Kier alpha value is -0.780. The SMILES string of the molecule is CNC(Cc1c(F)ccc(Br)c1F)c1cccc(C)c1Br. The maximum Gasteiger partial charge on any atom is 0.143 e. The topological polar surface area (TPSA) is 12.0 Å². The van der Waals surface area contributed by atoms with Gasteiger partial charge in [-0.25, -0.2) is 8.78 Å². The summed E-state index contributed by atoms with van der Waals surface area (Å²) < 4.78 is 29.3. The minimum Gasteiger partial charge on any atom is -0.313 e. The van der Waals surface area contributed by atoms with Crippen LogP contribution in [0.1, 0.15) is 22.7 Å². The van der Waals surface area contributed by atoms with E-state index in [0.29, 0.717) is 0 Å². The first-order valence-electron chi connectivity index (χ1n) is 6.50. The summed E-state index contributed by atoms with van der Waals surface area (Å²) in [6.07, 6.45) is 0.232. The molecule has 0 heterocycles. The summed E-state index contributed by atoms with van der Waals surface area (Å²) in [6.45, 7) is 1.99. The van der Waals surface area contributed by atoms with Gasteiger partial charge in [-0.05, 0) is 59.6 Å². The van der Waals surface area contributed by atoms with Gasteiger partial charge in [-0.15, -0.1) is 0 Å². The summed E-state index contributed by atoms with van der Waals surface area (Å²) in [7, 11) is 1.78. The third kappa shape index (κ3) is 3.52. The molecule has 0 bridgehead atoms. The van der Waals surface area contributed by atoms with Crippen LogP contribution in [-0.4, -0.2) is 7.05 Å². The molecule has 0 radical (unpaired) electrons. The molecule has 0 aliphatic carbocycles. The first kappa shape index (κ1) is 16.6. The first-order chi connectivity index (χ1) is 9.95. The van der Waals surface area contributed by atoms with Crippen LogP contribution in [-0.2, 0) is 6.42 Å². The third-order valence-corrected chi connectivity index (χ3v) is 5.19. The molecule has 0 aliphatic heterocycles. The van der Waals surface area contributed by atoms with Crippen LogP contribution in [0.4, 0.5) is 8.78 Å². The second-order valence-electron chi connectivity index (χ2n) is 4.85. The van der Waals surface area contributed by atoms with Gasteiger partial charge in [-0.3, -0.25) is 0 Å². The summed E-state index contributed by atoms with van der Waals surface area (Å²) in [6, 6.07) is 8.35. The van der Waals surface area contributed by atoms with Crippen LogP contribution < -0.4 is 5.32 Å². The van der Waals surface area contributed by atoms with Crippen LogP contribution >= 0.6 is 31.9 Å². The van der Waals surface area contributed by atoms with Crippen LogP contribution in [0.3, 0.4) is 0 Å². The Labute approximate surface area is 140 Å². The smallest absolute Gasteiger partial charge is 0.143 e. The molecular formula is C16H15Br2F2N. The summed E-state index contributed by atoms with van der Waals surface area (Å²) in [5.41, 5.74) is 2.15. The van der Waals surface area contributed by atoms with E-state index in [1.807, 2.05) is 25.1 Å². The predicted octanol–water partition coefficient (Wildman–Crippen LogP) is 5.30.